The Morgan fingerprint density at radius 2 is 2.00 bits per heavy atom. The standard InChI is InChI=1S/C21H24N6O4/c1-13(30-3)12-23-20-22-9-7-16(25-20)14-5-4-6-15(24-14)17-11-18(31-26-17)21(29)8-10-27(2)19(21)28/h4-7,9,11,13,29H,8,10,12H2,1-3H3,(H,22,23,25)/t13-,21+/m0/s1. The minimum Gasteiger partial charge on any atom is -0.380 e. The van der Waals surface area contributed by atoms with Crippen molar-refractivity contribution in [3.63, 3.8) is 0 Å². The molecule has 2 N–H and O–H groups in total. The van der Waals surface area contributed by atoms with Gasteiger partial charge in [0.25, 0.3) is 5.91 Å². The quantitative estimate of drug-likeness (QED) is 0.582. The number of aliphatic hydroxyl groups is 1. The minimum absolute atomic E-state index is 0.0245. The minimum atomic E-state index is -1.69. The molecule has 0 aliphatic carbocycles. The molecule has 4 rings (SSSR count). The van der Waals surface area contributed by atoms with Gasteiger partial charge >= 0.3 is 0 Å². The second-order valence-corrected chi connectivity index (χ2v) is 7.51. The van der Waals surface area contributed by atoms with Crippen molar-refractivity contribution in [2.45, 2.75) is 25.0 Å². The molecule has 3 aromatic heterocycles. The first kappa shape index (κ1) is 20.9. The van der Waals surface area contributed by atoms with Crippen molar-refractivity contribution in [2.75, 3.05) is 32.6 Å². The van der Waals surface area contributed by atoms with Crippen molar-refractivity contribution in [3.05, 3.63) is 42.3 Å². The third-order valence-electron chi connectivity index (χ3n) is 5.31. The summed E-state index contributed by atoms with van der Waals surface area (Å²) in [6, 6.07) is 8.76. The Kier molecular flexibility index (Phi) is 5.66. The molecule has 10 nitrogen and oxygen atoms in total. The van der Waals surface area contributed by atoms with Crippen molar-refractivity contribution in [2.24, 2.45) is 0 Å². The molecule has 1 aliphatic rings. The van der Waals surface area contributed by atoms with Gasteiger partial charge in [-0.2, -0.15) is 0 Å². The summed E-state index contributed by atoms with van der Waals surface area (Å²) in [5.41, 5.74) is 0.538. The van der Waals surface area contributed by atoms with Crippen molar-refractivity contribution in [1.82, 2.24) is 25.0 Å². The van der Waals surface area contributed by atoms with E-state index in [-0.39, 0.29) is 18.3 Å². The zero-order chi connectivity index (χ0) is 22.0. The number of nitrogens with one attached hydrogen (secondary N) is 1. The van der Waals surface area contributed by atoms with Gasteiger partial charge in [0, 0.05) is 45.9 Å². The Bertz CT molecular complexity index is 1090. The monoisotopic (exact) mass is 424 g/mol. The molecule has 3 aromatic rings. The van der Waals surface area contributed by atoms with E-state index in [0.29, 0.717) is 41.8 Å². The summed E-state index contributed by atoms with van der Waals surface area (Å²) in [5.74, 6) is 0.189. The molecule has 0 bridgehead atoms. The fourth-order valence-corrected chi connectivity index (χ4v) is 3.30. The van der Waals surface area contributed by atoms with Crippen LogP contribution >= 0.6 is 0 Å². The summed E-state index contributed by atoms with van der Waals surface area (Å²) in [4.78, 5) is 27.1. The topological polar surface area (TPSA) is 126 Å². The van der Waals surface area contributed by atoms with Crippen molar-refractivity contribution in [1.29, 1.82) is 0 Å². The van der Waals surface area contributed by atoms with Crippen LogP contribution in [0.25, 0.3) is 22.8 Å². The van der Waals surface area contributed by atoms with E-state index in [9.17, 15) is 9.90 Å². The summed E-state index contributed by atoms with van der Waals surface area (Å²) in [6.07, 6.45) is 1.93. The van der Waals surface area contributed by atoms with Crippen LogP contribution in [-0.4, -0.2) is 69.4 Å². The Morgan fingerprint density at radius 3 is 2.71 bits per heavy atom. The number of anilines is 1. The third-order valence-corrected chi connectivity index (χ3v) is 5.31. The van der Waals surface area contributed by atoms with Gasteiger partial charge in [0.2, 0.25) is 11.5 Å². The average Bonchev–Trinajstić information content (AvgIpc) is 3.40. The first-order valence-corrected chi connectivity index (χ1v) is 9.93. The maximum absolute atomic E-state index is 12.3. The largest absolute Gasteiger partial charge is 0.380 e. The van der Waals surface area contributed by atoms with Gasteiger partial charge in [0.15, 0.2) is 5.76 Å². The first-order valence-electron chi connectivity index (χ1n) is 9.93. The number of methoxy groups -OCH3 is 1. The summed E-state index contributed by atoms with van der Waals surface area (Å²) in [6.45, 7) is 2.97. The number of hydrogen-bond donors (Lipinski definition) is 2. The average molecular weight is 424 g/mol. The van der Waals surface area contributed by atoms with Crippen LogP contribution in [0.1, 0.15) is 19.1 Å². The number of likely N-dealkylation sites (N-methyl/N-ethyl adjacent to an activating group) is 1. The Labute approximate surface area is 179 Å². The lowest BCUT2D eigenvalue weighted by molar-refractivity contribution is -0.144. The highest BCUT2D eigenvalue weighted by molar-refractivity contribution is 5.87. The van der Waals surface area contributed by atoms with Crippen LogP contribution in [0.2, 0.25) is 0 Å². The third kappa shape index (κ3) is 4.12. The highest BCUT2D eigenvalue weighted by Crippen LogP contribution is 2.34. The zero-order valence-electron chi connectivity index (χ0n) is 17.6. The predicted molar refractivity (Wildman–Crippen MR) is 112 cm³/mol. The van der Waals surface area contributed by atoms with Crippen molar-refractivity contribution in [3.8, 4) is 22.8 Å². The summed E-state index contributed by atoms with van der Waals surface area (Å²) in [5, 5.41) is 17.9. The van der Waals surface area contributed by atoms with Crippen molar-refractivity contribution < 1.29 is 19.2 Å². The molecule has 2 atom stereocenters. The van der Waals surface area contributed by atoms with E-state index in [0.717, 1.165) is 0 Å². The number of nitrogens with zero attached hydrogens (tertiary/aromatic N) is 5. The van der Waals surface area contributed by atoms with E-state index in [1.165, 1.54) is 4.90 Å². The number of carbonyl (C=O) groups excluding carboxylic acids is 1. The summed E-state index contributed by atoms with van der Waals surface area (Å²) < 4.78 is 10.5. The number of rotatable bonds is 7. The van der Waals surface area contributed by atoms with Crippen LogP contribution < -0.4 is 5.32 Å². The number of aromatic nitrogens is 4. The van der Waals surface area contributed by atoms with E-state index in [1.54, 1.807) is 38.6 Å². The molecule has 1 amide bonds. The van der Waals surface area contributed by atoms with Crippen LogP contribution in [0, 0.1) is 0 Å². The number of likely N-dealkylation sites (tertiary alicyclic amines) is 1. The van der Waals surface area contributed by atoms with Crippen LogP contribution in [0.4, 0.5) is 5.95 Å². The maximum atomic E-state index is 12.3. The van der Waals surface area contributed by atoms with Crippen LogP contribution in [0.5, 0.6) is 0 Å². The fraction of sp³-hybridized carbons (Fsp3) is 0.381. The lowest BCUT2D eigenvalue weighted by atomic mass is 9.98. The molecule has 0 aromatic carbocycles. The number of carbonyl (C=O) groups is 1. The van der Waals surface area contributed by atoms with Gasteiger partial charge in [-0.05, 0) is 25.1 Å². The molecule has 1 aliphatic heterocycles. The summed E-state index contributed by atoms with van der Waals surface area (Å²) in [7, 11) is 3.29. The molecule has 1 saturated heterocycles. The number of hydrogen-bond acceptors (Lipinski definition) is 9. The molecule has 10 heteroatoms. The molecule has 1 fully saturated rings. The van der Waals surface area contributed by atoms with E-state index in [4.69, 9.17) is 9.26 Å². The Hall–Kier alpha value is -3.37. The molecule has 0 radical (unpaired) electrons. The molecular weight excluding hydrogens is 400 g/mol. The normalized spacial score (nSPS) is 19.6. The van der Waals surface area contributed by atoms with Crippen molar-refractivity contribution >= 4 is 11.9 Å². The van der Waals surface area contributed by atoms with Crippen LogP contribution in [0.3, 0.4) is 0 Å². The van der Waals surface area contributed by atoms with E-state index < -0.39 is 11.5 Å². The molecule has 0 saturated carbocycles. The highest BCUT2D eigenvalue weighted by Gasteiger charge is 2.48. The molecule has 162 valence electrons. The van der Waals surface area contributed by atoms with Crippen LogP contribution in [-0.2, 0) is 15.1 Å². The zero-order valence-corrected chi connectivity index (χ0v) is 17.6. The van der Waals surface area contributed by atoms with Gasteiger partial charge < -0.3 is 24.6 Å². The molecule has 4 heterocycles. The first-order chi connectivity index (χ1) is 14.9. The van der Waals surface area contributed by atoms with Gasteiger partial charge in [-0.25, -0.2) is 15.0 Å². The lowest BCUT2D eigenvalue weighted by Gasteiger charge is -2.16. The lowest BCUT2D eigenvalue weighted by Crippen LogP contribution is -2.35. The SMILES string of the molecule is CO[C@@H](C)CNc1nccc(-c2cccc(-c3cc([C@]4(O)CCN(C)C4=O)on3)n2)n1. The Balaban J connectivity index is 1.57. The Morgan fingerprint density at radius 1 is 1.26 bits per heavy atom. The van der Waals surface area contributed by atoms with Gasteiger partial charge in [0.05, 0.1) is 23.2 Å². The molecule has 0 unspecified atom stereocenters. The fourth-order valence-electron chi connectivity index (χ4n) is 3.30. The molecular formula is C21H24N6O4. The highest BCUT2D eigenvalue weighted by atomic mass is 16.5. The van der Waals surface area contributed by atoms with E-state index in [2.05, 4.69) is 25.4 Å². The molecule has 31 heavy (non-hydrogen) atoms. The van der Waals surface area contributed by atoms with E-state index in [1.807, 2.05) is 19.1 Å². The summed E-state index contributed by atoms with van der Waals surface area (Å²) >= 11 is 0. The molecule has 0 spiro atoms. The number of pyridine rings is 1. The second kappa shape index (κ2) is 8.40. The predicted octanol–water partition coefficient (Wildman–Crippen LogP) is 1.69. The smallest absolute Gasteiger partial charge is 0.262 e. The second-order valence-electron chi connectivity index (χ2n) is 7.51. The van der Waals surface area contributed by atoms with Gasteiger partial charge in [-0.1, -0.05) is 11.2 Å². The van der Waals surface area contributed by atoms with E-state index >= 15 is 0 Å². The van der Waals surface area contributed by atoms with Gasteiger partial charge in [0.1, 0.15) is 5.69 Å². The maximum Gasteiger partial charge on any atom is 0.262 e. The van der Waals surface area contributed by atoms with Crippen LogP contribution in [0.15, 0.2) is 41.1 Å². The number of amides is 1. The van der Waals surface area contributed by atoms with Gasteiger partial charge in [-0.3, -0.25) is 4.79 Å². The number of ether oxygens (including phenoxy) is 1. The van der Waals surface area contributed by atoms with Gasteiger partial charge in [-0.15, -0.1) is 0 Å².